The summed E-state index contributed by atoms with van der Waals surface area (Å²) in [5, 5.41) is 0. The van der Waals surface area contributed by atoms with Crippen LogP contribution in [0.4, 0.5) is 9.18 Å². The van der Waals surface area contributed by atoms with Crippen molar-refractivity contribution in [3.8, 4) is 5.75 Å². The second kappa shape index (κ2) is 9.20. The predicted molar refractivity (Wildman–Crippen MR) is 109 cm³/mol. The number of benzene rings is 2. The molecule has 0 aromatic heterocycles. The lowest BCUT2D eigenvalue weighted by molar-refractivity contribution is 0.130. The molecular formula is C23H29FN2O2. The fourth-order valence-electron chi connectivity index (χ4n) is 3.88. The van der Waals surface area contributed by atoms with Crippen LogP contribution in [0.2, 0.25) is 0 Å². The molecule has 150 valence electrons. The summed E-state index contributed by atoms with van der Waals surface area (Å²) < 4.78 is 18.3. The minimum atomic E-state index is -0.386. The van der Waals surface area contributed by atoms with Gasteiger partial charge in [0.1, 0.15) is 11.6 Å². The lowest BCUT2D eigenvalue weighted by Crippen LogP contribution is -2.40. The molecule has 0 radical (unpaired) electrons. The Labute approximate surface area is 166 Å². The van der Waals surface area contributed by atoms with Crippen LogP contribution in [0, 0.1) is 5.82 Å². The molecule has 0 atom stereocenters. The number of amides is 1. The van der Waals surface area contributed by atoms with Gasteiger partial charge in [-0.1, -0.05) is 24.3 Å². The number of carbonyl (C=O) groups is 1. The first kappa shape index (κ1) is 20.3. The van der Waals surface area contributed by atoms with E-state index in [9.17, 15) is 9.18 Å². The minimum absolute atomic E-state index is 0.178. The summed E-state index contributed by atoms with van der Waals surface area (Å²) >= 11 is 0. The monoisotopic (exact) mass is 384 g/mol. The van der Waals surface area contributed by atoms with E-state index in [1.807, 2.05) is 0 Å². The van der Waals surface area contributed by atoms with Crippen molar-refractivity contribution < 1.29 is 13.9 Å². The zero-order valence-corrected chi connectivity index (χ0v) is 16.9. The molecule has 1 aliphatic carbocycles. The van der Waals surface area contributed by atoms with Crippen molar-refractivity contribution >= 4 is 6.09 Å². The summed E-state index contributed by atoms with van der Waals surface area (Å²) in [5.74, 6) is 0.567. The van der Waals surface area contributed by atoms with E-state index in [0.717, 1.165) is 32.2 Å². The van der Waals surface area contributed by atoms with Crippen molar-refractivity contribution in [3.05, 3.63) is 65.5 Å². The van der Waals surface area contributed by atoms with Gasteiger partial charge in [-0.25, -0.2) is 9.18 Å². The summed E-state index contributed by atoms with van der Waals surface area (Å²) in [7, 11) is 5.94. The maximum absolute atomic E-state index is 13.0. The first-order valence-electron chi connectivity index (χ1n) is 9.86. The summed E-state index contributed by atoms with van der Waals surface area (Å²) in [5.41, 5.74) is 2.71. The Hall–Kier alpha value is -2.40. The Morgan fingerprint density at radius 2 is 1.57 bits per heavy atom. The number of hydrogen-bond acceptors (Lipinski definition) is 3. The average molecular weight is 384 g/mol. The molecule has 4 nitrogen and oxygen atoms in total. The van der Waals surface area contributed by atoms with E-state index in [1.165, 1.54) is 35.4 Å². The van der Waals surface area contributed by atoms with Crippen LogP contribution >= 0.6 is 0 Å². The molecule has 5 heteroatoms. The van der Waals surface area contributed by atoms with Crippen LogP contribution in [0.3, 0.4) is 0 Å². The van der Waals surface area contributed by atoms with Crippen molar-refractivity contribution in [3.63, 3.8) is 0 Å². The molecule has 0 bridgehead atoms. The quantitative estimate of drug-likeness (QED) is 0.724. The Kier molecular flexibility index (Phi) is 6.68. The lowest BCUT2D eigenvalue weighted by Gasteiger charge is -2.34. The average Bonchev–Trinajstić information content (AvgIpc) is 2.69. The van der Waals surface area contributed by atoms with Gasteiger partial charge >= 0.3 is 6.09 Å². The van der Waals surface area contributed by atoms with E-state index in [2.05, 4.69) is 43.3 Å². The normalized spacial score (nSPS) is 19.5. The Morgan fingerprint density at radius 3 is 2.14 bits per heavy atom. The van der Waals surface area contributed by atoms with E-state index < -0.39 is 0 Å². The second-order valence-corrected chi connectivity index (χ2v) is 7.92. The fraction of sp³-hybridized carbons (Fsp3) is 0.435. The SMILES string of the molecule is CN(C)Cc1ccc(C2CCC(N(C)C(=O)Oc3ccc(F)cc3)CC2)cc1. The standard InChI is InChI=1S/C23H29FN2O2/c1-25(2)16-17-4-6-18(7-5-17)19-8-12-21(13-9-19)26(3)23(27)28-22-14-10-20(24)11-15-22/h4-7,10-11,14-15,19,21H,8-9,12-13,16H2,1-3H3. The maximum atomic E-state index is 13.0. The fourth-order valence-corrected chi connectivity index (χ4v) is 3.88. The van der Waals surface area contributed by atoms with E-state index in [0.29, 0.717) is 11.7 Å². The van der Waals surface area contributed by atoms with Crippen LogP contribution in [0.5, 0.6) is 5.75 Å². The van der Waals surface area contributed by atoms with Gasteiger partial charge in [0.2, 0.25) is 0 Å². The van der Waals surface area contributed by atoms with Crippen LogP contribution in [-0.4, -0.2) is 43.1 Å². The molecule has 0 saturated heterocycles. The lowest BCUT2D eigenvalue weighted by atomic mass is 9.81. The summed E-state index contributed by atoms with van der Waals surface area (Å²) in [6.45, 7) is 0.952. The van der Waals surface area contributed by atoms with Gasteiger partial charge in [0, 0.05) is 19.6 Å². The number of ether oxygens (including phenoxy) is 1. The van der Waals surface area contributed by atoms with E-state index >= 15 is 0 Å². The first-order valence-corrected chi connectivity index (χ1v) is 9.86. The molecule has 0 N–H and O–H groups in total. The highest BCUT2D eigenvalue weighted by Crippen LogP contribution is 2.34. The van der Waals surface area contributed by atoms with E-state index in [1.54, 1.807) is 11.9 Å². The third-order valence-electron chi connectivity index (χ3n) is 5.50. The van der Waals surface area contributed by atoms with Gasteiger partial charge in [0.15, 0.2) is 0 Å². The van der Waals surface area contributed by atoms with Crippen LogP contribution in [0.1, 0.15) is 42.7 Å². The molecule has 2 aromatic carbocycles. The van der Waals surface area contributed by atoms with Gasteiger partial charge in [-0.3, -0.25) is 0 Å². The van der Waals surface area contributed by atoms with Gasteiger partial charge < -0.3 is 14.5 Å². The van der Waals surface area contributed by atoms with Gasteiger partial charge in [-0.2, -0.15) is 0 Å². The third-order valence-corrected chi connectivity index (χ3v) is 5.50. The van der Waals surface area contributed by atoms with Crippen molar-refractivity contribution in [2.75, 3.05) is 21.1 Å². The zero-order chi connectivity index (χ0) is 20.1. The van der Waals surface area contributed by atoms with Gasteiger partial charge in [0.05, 0.1) is 0 Å². The van der Waals surface area contributed by atoms with Crippen LogP contribution in [0.15, 0.2) is 48.5 Å². The predicted octanol–water partition coefficient (Wildman–Crippen LogP) is 5.04. The Bertz CT molecular complexity index is 766. The highest BCUT2D eigenvalue weighted by Gasteiger charge is 2.28. The third kappa shape index (κ3) is 5.32. The summed E-state index contributed by atoms with van der Waals surface area (Å²) in [6, 6.07) is 14.6. The van der Waals surface area contributed by atoms with Crippen LogP contribution < -0.4 is 4.74 Å². The molecule has 28 heavy (non-hydrogen) atoms. The molecule has 0 aliphatic heterocycles. The van der Waals surface area contributed by atoms with Crippen LogP contribution in [0.25, 0.3) is 0 Å². The Balaban J connectivity index is 1.51. The highest BCUT2D eigenvalue weighted by atomic mass is 19.1. The molecule has 2 aromatic rings. The summed E-state index contributed by atoms with van der Waals surface area (Å²) in [6.07, 6.45) is 3.65. The summed E-state index contributed by atoms with van der Waals surface area (Å²) in [4.78, 5) is 16.2. The molecule has 1 fully saturated rings. The highest BCUT2D eigenvalue weighted by molar-refractivity contribution is 5.70. The number of rotatable bonds is 5. The Morgan fingerprint density at radius 1 is 0.964 bits per heavy atom. The molecule has 1 saturated carbocycles. The van der Waals surface area contributed by atoms with E-state index in [4.69, 9.17) is 4.74 Å². The smallest absolute Gasteiger partial charge is 0.410 e. The molecule has 1 aliphatic rings. The number of halogens is 1. The van der Waals surface area contributed by atoms with Crippen molar-refractivity contribution in [2.45, 2.75) is 44.2 Å². The maximum Gasteiger partial charge on any atom is 0.415 e. The van der Waals surface area contributed by atoms with Gasteiger partial charge in [0.25, 0.3) is 0 Å². The van der Waals surface area contributed by atoms with Crippen molar-refractivity contribution in [1.29, 1.82) is 0 Å². The minimum Gasteiger partial charge on any atom is -0.410 e. The molecule has 1 amide bonds. The topological polar surface area (TPSA) is 32.8 Å². The first-order chi connectivity index (χ1) is 13.4. The number of nitrogens with zero attached hydrogens (tertiary/aromatic N) is 2. The molecule has 0 spiro atoms. The second-order valence-electron chi connectivity index (χ2n) is 7.92. The van der Waals surface area contributed by atoms with E-state index in [-0.39, 0.29) is 18.0 Å². The van der Waals surface area contributed by atoms with Crippen molar-refractivity contribution in [1.82, 2.24) is 9.80 Å². The number of carbonyl (C=O) groups excluding carboxylic acids is 1. The van der Waals surface area contributed by atoms with Gasteiger partial charge in [-0.15, -0.1) is 0 Å². The molecule has 0 heterocycles. The number of hydrogen-bond donors (Lipinski definition) is 0. The largest absolute Gasteiger partial charge is 0.415 e. The van der Waals surface area contributed by atoms with Gasteiger partial charge in [-0.05, 0) is 81.1 Å². The van der Waals surface area contributed by atoms with Crippen LogP contribution in [-0.2, 0) is 6.54 Å². The molecule has 3 rings (SSSR count). The molecular weight excluding hydrogens is 355 g/mol. The zero-order valence-electron chi connectivity index (χ0n) is 16.9. The van der Waals surface area contributed by atoms with Crippen molar-refractivity contribution in [2.24, 2.45) is 0 Å². The molecule has 0 unspecified atom stereocenters.